The van der Waals surface area contributed by atoms with Crippen LogP contribution in [-0.4, -0.2) is 99.9 Å². The maximum absolute atomic E-state index is 10.5. The molecule has 0 fully saturated rings. The Bertz CT molecular complexity index is 206. The summed E-state index contributed by atoms with van der Waals surface area (Å²) in [4.78, 5) is 20.6. The normalized spacial score (nSPS) is 16.3. The minimum absolute atomic E-state index is 0. The zero-order chi connectivity index (χ0) is 10.6. The van der Waals surface area contributed by atoms with Gasteiger partial charge in [-0.2, -0.15) is 0 Å². The summed E-state index contributed by atoms with van der Waals surface area (Å²) in [6, 6.07) is 0. The van der Waals surface area contributed by atoms with Crippen molar-refractivity contribution in [3.05, 3.63) is 0 Å². The van der Waals surface area contributed by atoms with Gasteiger partial charge in [0, 0.05) is 37.7 Å². The van der Waals surface area contributed by atoms with Crippen molar-refractivity contribution in [1.82, 2.24) is 0 Å². The van der Waals surface area contributed by atoms with Crippen LogP contribution in [0.1, 0.15) is 0 Å². The second-order valence-corrected chi connectivity index (χ2v) is 2.34. The molecule has 0 aliphatic carbocycles. The van der Waals surface area contributed by atoms with E-state index in [1.165, 1.54) is 0 Å². The fraction of sp³-hybridized carbons (Fsp3) is 0.667. The number of hydrogen-bond donors (Lipinski definition) is 5. The van der Waals surface area contributed by atoms with Gasteiger partial charge in [0.15, 0.2) is 11.9 Å². The number of rotatable bonds is 5. The Morgan fingerprint density at radius 3 is 1.79 bits per heavy atom. The first-order valence-electron chi connectivity index (χ1n) is 3.32. The molecule has 78 valence electrons. The molecule has 0 aliphatic heterocycles. The zero-order valence-electron chi connectivity index (χ0n) is 7.20. The molecule has 0 spiro atoms. The van der Waals surface area contributed by atoms with E-state index in [0.29, 0.717) is 0 Å². The predicted molar refractivity (Wildman–Crippen MR) is 43.5 cm³/mol. The number of ketones is 1. The summed E-state index contributed by atoms with van der Waals surface area (Å²) in [5, 5.41) is 42.7. The molecule has 0 saturated carbocycles. The average molecular weight is 234 g/mol. The fourth-order valence-electron chi connectivity index (χ4n) is 0.603. The molecule has 0 amide bonds. The topological polar surface area (TPSA) is 135 Å². The van der Waals surface area contributed by atoms with E-state index in [0.717, 1.165) is 0 Å². The summed E-state index contributed by atoms with van der Waals surface area (Å²) in [7, 11) is 0. The largest absolute Gasteiger partial charge is 0.479 e. The van der Waals surface area contributed by atoms with Gasteiger partial charge in [-0.25, -0.2) is 4.79 Å². The van der Waals surface area contributed by atoms with Gasteiger partial charge in [-0.05, 0) is 0 Å². The van der Waals surface area contributed by atoms with Gasteiger partial charge in [0.25, 0.3) is 0 Å². The maximum Gasteiger partial charge on any atom is 0.335 e. The van der Waals surface area contributed by atoms with Gasteiger partial charge in [0.1, 0.15) is 18.8 Å². The maximum atomic E-state index is 10.5. The third-order valence-corrected chi connectivity index (χ3v) is 1.39. The van der Waals surface area contributed by atoms with Crippen LogP contribution in [0.5, 0.6) is 0 Å². The Morgan fingerprint density at radius 1 is 1.07 bits per heavy atom. The summed E-state index contributed by atoms with van der Waals surface area (Å²) in [6.07, 6.45) is -6.50. The molecular formula is C6H10CaO7. The Labute approximate surface area is 109 Å². The minimum atomic E-state index is -2.26. The average Bonchev–Trinajstić information content (AvgIpc) is 2.12. The molecular weight excluding hydrogens is 224 g/mol. The van der Waals surface area contributed by atoms with E-state index < -0.39 is 36.7 Å². The van der Waals surface area contributed by atoms with Gasteiger partial charge in [-0.3, -0.25) is 4.79 Å². The van der Waals surface area contributed by atoms with Crippen molar-refractivity contribution in [2.45, 2.75) is 18.3 Å². The fourth-order valence-corrected chi connectivity index (χ4v) is 0.603. The standard InChI is InChI=1S/C6H10O7.Ca/c7-1-2(8)3(9)4(10)5(11)6(12)13;/h3-5,7,9-11H,1H2,(H,12,13);/t3-,4+,5-;/m1./s1. The molecule has 5 N–H and O–H groups in total. The van der Waals surface area contributed by atoms with E-state index in [2.05, 4.69) is 0 Å². The summed E-state index contributed by atoms with van der Waals surface area (Å²) in [5.41, 5.74) is 0. The second-order valence-electron chi connectivity index (χ2n) is 2.34. The molecule has 0 unspecified atom stereocenters. The number of hydrogen-bond acceptors (Lipinski definition) is 6. The van der Waals surface area contributed by atoms with Gasteiger partial charge in [-0.1, -0.05) is 0 Å². The Morgan fingerprint density at radius 2 is 1.50 bits per heavy atom. The number of carbonyl (C=O) groups excluding carboxylic acids is 1. The number of Topliss-reactive ketones (excluding diaryl/α,β-unsaturated/α-hetero) is 1. The summed E-state index contributed by atoms with van der Waals surface area (Å²) < 4.78 is 0. The van der Waals surface area contributed by atoms with Crippen molar-refractivity contribution in [2.24, 2.45) is 0 Å². The van der Waals surface area contributed by atoms with Gasteiger partial charge in [0.2, 0.25) is 0 Å². The molecule has 0 aromatic rings. The van der Waals surface area contributed by atoms with Gasteiger partial charge in [0.05, 0.1) is 0 Å². The number of aliphatic hydroxyl groups excluding tert-OH is 4. The number of carboxylic acids is 1. The van der Waals surface area contributed by atoms with E-state index in [-0.39, 0.29) is 37.7 Å². The molecule has 0 heterocycles. The smallest absolute Gasteiger partial charge is 0.335 e. The monoisotopic (exact) mass is 234 g/mol. The number of carboxylic acid groups (broad SMARTS) is 1. The third kappa shape index (κ3) is 4.65. The van der Waals surface area contributed by atoms with Crippen molar-refractivity contribution >= 4 is 49.5 Å². The first-order valence-corrected chi connectivity index (χ1v) is 3.32. The van der Waals surface area contributed by atoms with Crippen molar-refractivity contribution < 1.29 is 35.1 Å². The molecule has 3 atom stereocenters. The molecule has 8 heteroatoms. The van der Waals surface area contributed by atoms with Crippen LogP contribution in [0.15, 0.2) is 0 Å². The van der Waals surface area contributed by atoms with Crippen molar-refractivity contribution in [3.63, 3.8) is 0 Å². The Balaban J connectivity index is 0. The molecule has 7 nitrogen and oxygen atoms in total. The van der Waals surface area contributed by atoms with Crippen LogP contribution >= 0.6 is 0 Å². The molecule has 0 aromatic heterocycles. The minimum Gasteiger partial charge on any atom is -0.479 e. The van der Waals surface area contributed by atoms with Crippen LogP contribution in [0.25, 0.3) is 0 Å². The second kappa shape index (κ2) is 7.52. The molecule has 0 aliphatic rings. The van der Waals surface area contributed by atoms with Crippen LogP contribution in [0.4, 0.5) is 0 Å². The van der Waals surface area contributed by atoms with E-state index in [9.17, 15) is 9.59 Å². The molecule has 0 bridgehead atoms. The molecule has 14 heavy (non-hydrogen) atoms. The van der Waals surface area contributed by atoms with Gasteiger partial charge >= 0.3 is 5.97 Å². The van der Waals surface area contributed by atoms with E-state index in [1.54, 1.807) is 0 Å². The molecule has 2 radical (unpaired) electrons. The SMILES string of the molecule is O=C(CO)[C@@H](O)[C@H](O)[C@@H](O)C(=O)O.[Ca]. The van der Waals surface area contributed by atoms with E-state index in [4.69, 9.17) is 25.5 Å². The predicted octanol–water partition coefficient (Wildman–Crippen LogP) is -3.67. The van der Waals surface area contributed by atoms with Gasteiger partial charge < -0.3 is 25.5 Å². The first kappa shape index (κ1) is 16.7. The van der Waals surface area contributed by atoms with E-state index >= 15 is 0 Å². The van der Waals surface area contributed by atoms with Crippen LogP contribution in [-0.2, 0) is 9.59 Å². The van der Waals surface area contributed by atoms with Crippen molar-refractivity contribution in [1.29, 1.82) is 0 Å². The molecule has 0 aromatic carbocycles. The summed E-state index contributed by atoms with van der Waals surface area (Å²) in [6.45, 7) is -1.04. The number of carbonyl (C=O) groups is 2. The summed E-state index contributed by atoms with van der Waals surface area (Å²) in [5.74, 6) is -2.93. The Hall–Kier alpha value is 0.240. The molecule has 0 rings (SSSR count). The summed E-state index contributed by atoms with van der Waals surface area (Å²) >= 11 is 0. The van der Waals surface area contributed by atoms with E-state index in [1.807, 2.05) is 0 Å². The van der Waals surface area contributed by atoms with Gasteiger partial charge in [-0.15, -0.1) is 0 Å². The Kier molecular flexibility index (Phi) is 8.95. The first-order chi connectivity index (χ1) is 5.91. The van der Waals surface area contributed by atoms with Crippen LogP contribution in [0.3, 0.4) is 0 Å². The van der Waals surface area contributed by atoms with Crippen LogP contribution < -0.4 is 0 Å². The molecule has 0 saturated heterocycles. The van der Waals surface area contributed by atoms with Crippen LogP contribution in [0.2, 0.25) is 0 Å². The van der Waals surface area contributed by atoms with Crippen molar-refractivity contribution in [3.8, 4) is 0 Å². The number of aliphatic carboxylic acids is 1. The number of aliphatic hydroxyl groups is 4. The third-order valence-electron chi connectivity index (χ3n) is 1.39. The quantitative estimate of drug-likeness (QED) is 0.309. The van der Waals surface area contributed by atoms with Crippen LogP contribution in [0, 0.1) is 0 Å². The zero-order valence-corrected chi connectivity index (χ0v) is 9.41. The van der Waals surface area contributed by atoms with Crippen molar-refractivity contribution in [2.75, 3.05) is 6.61 Å².